The second kappa shape index (κ2) is 10.8. The van der Waals surface area contributed by atoms with Gasteiger partial charge in [0.05, 0.1) is 6.61 Å². The average Bonchev–Trinajstić information content (AvgIpc) is 3.14. The van der Waals surface area contributed by atoms with Crippen molar-refractivity contribution in [2.45, 2.75) is 64.5 Å². The average molecular weight is 517 g/mol. The summed E-state index contributed by atoms with van der Waals surface area (Å²) in [6, 6.07) is 5.24. The maximum absolute atomic E-state index is 13.1. The van der Waals surface area contributed by atoms with Crippen molar-refractivity contribution in [3.05, 3.63) is 34.7 Å². The summed E-state index contributed by atoms with van der Waals surface area (Å²) >= 11 is 0. The lowest BCUT2D eigenvalue weighted by atomic mass is 9.82. The molecule has 3 aliphatic rings. The van der Waals surface area contributed by atoms with E-state index in [4.69, 9.17) is 9.73 Å². The maximum atomic E-state index is 13.1. The Morgan fingerprint density at radius 2 is 1.94 bits per heavy atom. The first-order chi connectivity index (χ1) is 17.1. The molecule has 2 amide bonds. The molecule has 1 aromatic rings. The van der Waals surface area contributed by atoms with Gasteiger partial charge in [0.2, 0.25) is 15.9 Å². The second-order valence-corrected chi connectivity index (χ2v) is 12.0. The SMILES string of the molecule is COCc1cc(NC(C)=O)ccc1/C=C/S(=O)(=O)N1CCC2(CC1)N=C(C1CCC(C)CC1)NC2=O. The molecule has 36 heavy (non-hydrogen) atoms. The first-order valence-electron chi connectivity index (χ1n) is 12.6. The topological polar surface area (TPSA) is 117 Å². The van der Waals surface area contributed by atoms with Gasteiger partial charge in [-0.25, -0.2) is 8.42 Å². The quantitative estimate of drug-likeness (QED) is 0.577. The summed E-state index contributed by atoms with van der Waals surface area (Å²) in [5.74, 6) is 1.54. The van der Waals surface area contributed by atoms with Gasteiger partial charge in [0.1, 0.15) is 11.4 Å². The number of benzene rings is 1. The van der Waals surface area contributed by atoms with E-state index in [-0.39, 0.29) is 31.5 Å². The molecule has 2 aliphatic heterocycles. The van der Waals surface area contributed by atoms with Crippen LogP contribution >= 0.6 is 0 Å². The lowest BCUT2D eigenvalue weighted by molar-refractivity contribution is -0.125. The van der Waals surface area contributed by atoms with E-state index in [1.165, 1.54) is 16.6 Å². The number of anilines is 1. The van der Waals surface area contributed by atoms with Gasteiger partial charge in [0.25, 0.3) is 5.91 Å². The zero-order valence-electron chi connectivity index (χ0n) is 21.2. The molecule has 2 N–H and O–H groups in total. The molecule has 4 rings (SSSR count). The molecule has 0 radical (unpaired) electrons. The van der Waals surface area contributed by atoms with E-state index >= 15 is 0 Å². The lowest BCUT2D eigenvalue weighted by Gasteiger charge is -2.34. The smallest absolute Gasteiger partial charge is 0.253 e. The van der Waals surface area contributed by atoms with Crippen LogP contribution in [0.2, 0.25) is 0 Å². The van der Waals surface area contributed by atoms with Crippen LogP contribution in [0.3, 0.4) is 0 Å². The minimum Gasteiger partial charge on any atom is -0.380 e. The highest BCUT2D eigenvalue weighted by molar-refractivity contribution is 7.92. The fourth-order valence-corrected chi connectivity index (χ4v) is 6.48. The van der Waals surface area contributed by atoms with Crippen LogP contribution in [0.5, 0.6) is 0 Å². The van der Waals surface area contributed by atoms with Crippen molar-refractivity contribution >= 4 is 39.4 Å². The van der Waals surface area contributed by atoms with Crippen molar-refractivity contribution in [3.63, 3.8) is 0 Å². The molecule has 0 unspecified atom stereocenters. The third-order valence-electron chi connectivity index (χ3n) is 7.49. The Hall–Kier alpha value is -2.56. The molecule has 9 nitrogen and oxygen atoms in total. The monoisotopic (exact) mass is 516 g/mol. The summed E-state index contributed by atoms with van der Waals surface area (Å²) in [4.78, 5) is 29.1. The van der Waals surface area contributed by atoms with Crippen molar-refractivity contribution in [2.75, 3.05) is 25.5 Å². The van der Waals surface area contributed by atoms with Gasteiger partial charge >= 0.3 is 0 Å². The Morgan fingerprint density at radius 1 is 1.25 bits per heavy atom. The predicted octanol–water partition coefficient (Wildman–Crippen LogP) is 3.28. The Balaban J connectivity index is 1.43. The number of hydrogen-bond acceptors (Lipinski definition) is 6. The number of ether oxygens (including phenoxy) is 1. The normalized spacial score (nSPS) is 24.6. The summed E-state index contributed by atoms with van der Waals surface area (Å²) in [6.07, 6.45) is 6.67. The van der Waals surface area contributed by atoms with E-state index in [1.54, 1.807) is 31.4 Å². The van der Waals surface area contributed by atoms with Crippen LogP contribution in [-0.4, -0.2) is 56.1 Å². The van der Waals surface area contributed by atoms with Crippen LogP contribution < -0.4 is 10.6 Å². The Bertz CT molecular complexity index is 1160. The minimum atomic E-state index is -3.68. The summed E-state index contributed by atoms with van der Waals surface area (Å²) in [7, 11) is -2.13. The van der Waals surface area contributed by atoms with Crippen molar-refractivity contribution in [2.24, 2.45) is 16.8 Å². The third kappa shape index (κ3) is 5.87. The number of methoxy groups -OCH3 is 1. The van der Waals surface area contributed by atoms with E-state index < -0.39 is 15.6 Å². The highest BCUT2D eigenvalue weighted by Gasteiger charge is 2.48. The van der Waals surface area contributed by atoms with Crippen LogP contribution in [-0.2, 0) is 31.0 Å². The molecule has 2 heterocycles. The highest BCUT2D eigenvalue weighted by atomic mass is 32.2. The van der Waals surface area contributed by atoms with Crippen molar-refractivity contribution in [1.82, 2.24) is 9.62 Å². The number of sulfonamides is 1. The van der Waals surface area contributed by atoms with Crippen LogP contribution in [0.4, 0.5) is 5.69 Å². The van der Waals surface area contributed by atoms with Gasteiger partial charge in [-0.1, -0.05) is 25.8 Å². The van der Waals surface area contributed by atoms with E-state index in [1.807, 2.05) is 0 Å². The molecule has 10 heteroatoms. The summed E-state index contributed by atoms with van der Waals surface area (Å²) in [5, 5.41) is 6.94. The van der Waals surface area contributed by atoms with Crippen LogP contribution in [0.15, 0.2) is 28.6 Å². The first kappa shape index (κ1) is 26.5. The fourth-order valence-electron chi connectivity index (χ4n) is 5.29. The van der Waals surface area contributed by atoms with E-state index in [0.717, 1.165) is 43.0 Å². The number of aliphatic imine (C=N–C) groups is 1. The molecule has 2 fully saturated rings. The van der Waals surface area contributed by atoms with Crippen molar-refractivity contribution in [3.8, 4) is 0 Å². The zero-order chi connectivity index (χ0) is 25.9. The molecule has 1 aliphatic carbocycles. The number of carbonyl (C=O) groups is 2. The zero-order valence-corrected chi connectivity index (χ0v) is 22.1. The van der Waals surface area contributed by atoms with E-state index in [0.29, 0.717) is 30.0 Å². The summed E-state index contributed by atoms with van der Waals surface area (Å²) < 4.78 is 32.8. The van der Waals surface area contributed by atoms with Crippen LogP contribution in [0.1, 0.15) is 63.5 Å². The number of rotatable bonds is 7. The lowest BCUT2D eigenvalue weighted by Crippen LogP contribution is -2.50. The number of nitrogens with zero attached hydrogens (tertiary/aromatic N) is 2. The van der Waals surface area contributed by atoms with Gasteiger partial charge in [-0.2, -0.15) is 4.31 Å². The summed E-state index contributed by atoms with van der Waals surface area (Å²) in [5.41, 5.74) is 1.22. The van der Waals surface area contributed by atoms with E-state index in [2.05, 4.69) is 17.6 Å². The standard InChI is InChI=1S/C26H36N4O5S/c1-18-4-6-21(7-5-18)24-28-25(32)26(29-24)11-13-30(14-12-26)36(33,34)15-10-20-8-9-23(27-19(2)31)16-22(20)17-35-3/h8-10,15-16,18,21H,4-7,11-14,17H2,1-3H3,(H,27,31)(H,28,29,32)/b15-10+. The van der Waals surface area contributed by atoms with Gasteiger partial charge in [0.15, 0.2) is 0 Å². The first-order valence-corrected chi connectivity index (χ1v) is 14.1. The number of amides is 2. The number of carbonyl (C=O) groups excluding carboxylic acids is 2. The maximum Gasteiger partial charge on any atom is 0.253 e. The van der Waals surface area contributed by atoms with Crippen LogP contribution in [0.25, 0.3) is 6.08 Å². The van der Waals surface area contributed by atoms with Gasteiger partial charge in [-0.15, -0.1) is 0 Å². The largest absolute Gasteiger partial charge is 0.380 e. The molecule has 1 saturated carbocycles. The molecule has 1 aromatic carbocycles. The molecule has 1 saturated heterocycles. The predicted molar refractivity (Wildman–Crippen MR) is 140 cm³/mol. The minimum absolute atomic E-state index is 0.0906. The Kier molecular flexibility index (Phi) is 7.96. The molecular weight excluding hydrogens is 480 g/mol. The molecule has 1 spiro atoms. The number of hydrogen-bond donors (Lipinski definition) is 2. The van der Waals surface area contributed by atoms with Crippen molar-refractivity contribution in [1.29, 1.82) is 0 Å². The molecule has 196 valence electrons. The molecular formula is C26H36N4O5S. The number of amidine groups is 1. The van der Waals surface area contributed by atoms with Gasteiger partial charge < -0.3 is 15.4 Å². The molecule has 0 atom stereocenters. The molecule has 0 aromatic heterocycles. The third-order valence-corrected chi connectivity index (χ3v) is 9.06. The Labute approximate surface area is 213 Å². The number of nitrogens with one attached hydrogen (secondary N) is 2. The molecule has 0 bridgehead atoms. The van der Waals surface area contributed by atoms with E-state index in [9.17, 15) is 18.0 Å². The van der Waals surface area contributed by atoms with Crippen LogP contribution in [0, 0.1) is 11.8 Å². The van der Waals surface area contributed by atoms with Gasteiger partial charge in [0, 0.05) is 44.1 Å². The Morgan fingerprint density at radius 3 is 2.58 bits per heavy atom. The van der Waals surface area contributed by atoms with Gasteiger partial charge in [-0.05, 0) is 60.9 Å². The second-order valence-electron chi connectivity index (χ2n) is 10.2. The van der Waals surface area contributed by atoms with Gasteiger partial charge in [-0.3, -0.25) is 14.6 Å². The highest BCUT2D eigenvalue weighted by Crippen LogP contribution is 2.36. The van der Waals surface area contributed by atoms with Crippen molar-refractivity contribution < 1.29 is 22.7 Å². The fraction of sp³-hybridized carbons (Fsp3) is 0.577. The summed E-state index contributed by atoms with van der Waals surface area (Å²) in [6.45, 7) is 4.44. The number of piperidine rings is 1.